The highest BCUT2D eigenvalue weighted by molar-refractivity contribution is 6.36. The number of likely N-dealkylation sites (tertiary alicyclic amines) is 1. The lowest BCUT2D eigenvalue weighted by atomic mass is 9.54. The summed E-state index contributed by atoms with van der Waals surface area (Å²) in [5.41, 5.74) is 3.03. The molecule has 3 aromatic carbocycles. The number of carbonyl (C=O) groups excluding carboxylic acids is 4. The van der Waals surface area contributed by atoms with Gasteiger partial charge in [-0.2, -0.15) is 0 Å². The van der Waals surface area contributed by atoms with Crippen LogP contribution in [0, 0.1) is 17.8 Å². The average molecular weight is 592 g/mol. The van der Waals surface area contributed by atoms with Crippen LogP contribution in [0.3, 0.4) is 0 Å². The van der Waals surface area contributed by atoms with Crippen molar-refractivity contribution in [2.24, 2.45) is 17.8 Å². The van der Waals surface area contributed by atoms with E-state index in [2.05, 4.69) is 0 Å². The average Bonchev–Trinajstić information content (AvgIpc) is 3.25. The van der Waals surface area contributed by atoms with Crippen molar-refractivity contribution in [3.63, 3.8) is 0 Å². The van der Waals surface area contributed by atoms with E-state index >= 15 is 0 Å². The summed E-state index contributed by atoms with van der Waals surface area (Å²) < 4.78 is 10.5. The highest BCUT2D eigenvalue weighted by Gasteiger charge is 2.74. The molecule has 3 atom stereocenters. The minimum absolute atomic E-state index is 0.333. The molecule has 3 aromatic rings. The van der Waals surface area contributed by atoms with Crippen LogP contribution in [-0.2, 0) is 28.9 Å². The Hall–Kier alpha value is -3.68. The van der Waals surface area contributed by atoms with Crippen LogP contribution >= 0.6 is 23.2 Å². The largest absolute Gasteiger partial charge is 0.497 e. The van der Waals surface area contributed by atoms with Gasteiger partial charge < -0.3 is 9.47 Å². The number of ketones is 1. The van der Waals surface area contributed by atoms with Gasteiger partial charge in [-0.3, -0.25) is 19.3 Å². The van der Waals surface area contributed by atoms with E-state index in [1.165, 1.54) is 7.11 Å². The second kappa shape index (κ2) is 9.71. The number of carbonyl (C=O) groups is 4. The maximum absolute atomic E-state index is 14.3. The van der Waals surface area contributed by atoms with E-state index in [4.69, 9.17) is 32.7 Å². The van der Waals surface area contributed by atoms with E-state index in [9.17, 15) is 19.2 Å². The molecule has 9 heteroatoms. The quantitative estimate of drug-likeness (QED) is 0.165. The molecule has 2 bridgehead atoms. The lowest BCUT2D eigenvalue weighted by Crippen LogP contribution is -2.57. The number of nitrogens with zero attached hydrogens (tertiary/aromatic N) is 1. The van der Waals surface area contributed by atoms with E-state index in [0.29, 0.717) is 33.6 Å². The second-order valence-corrected chi connectivity index (χ2v) is 12.2. The summed E-state index contributed by atoms with van der Waals surface area (Å²) in [6.07, 6.45) is 0. The number of halogens is 2. The zero-order valence-electron chi connectivity index (χ0n) is 22.6. The third-order valence-electron chi connectivity index (χ3n) is 8.53. The van der Waals surface area contributed by atoms with Gasteiger partial charge in [-0.25, -0.2) is 4.79 Å². The number of alkyl halides is 2. The standard InChI is InChI=1S/C32H27Cl2NO6/c1-17(2)27(30(39)41-16-24(36)18-12-14-19(40-3)15-13-18)35-28(37)25-26(29(35)38)32(34)21-9-5-4-8-20(21)31(25,33)22-10-6-7-11-23(22)32/h4-15,17,25-27H,16H2,1-3H3/t25-,26+,27-,31?,32?/m0/s1. The van der Waals surface area contributed by atoms with Crippen molar-refractivity contribution >= 4 is 46.8 Å². The van der Waals surface area contributed by atoms with Crippen LogP contribution in [0.15, 0.2) is 72.8 Å². The zero-order chi connectivity index (χ0) is 29.3. The molecule has 1 heterocycles. The zero-order valence-corrected chi connectivity index (χ0v) is 24.1. The summed E-state index contributed by atoms with van der Waals surface area (Å²) in [5, 5.41) is 0. The van der Waals surface area contributed by atoms with Crippen LogP contribution in [0.2, 0.25) is 0 Å². The molecular weight excluding hydrogens is 565 g/mol. The van der Waals surface area contributed by atoms with Gasteiger partial charge in [0.1, 0.15) is 21.5 Å². The molecule has 210 valence electrons. The number of hydrogen-bond acceptors (Lipinski definition) is 6. The van der Waals surface area contributed by atoms with E-state index in [1.807, 2.05) is 48.5 Å². The normalized spacial score (nSPS) is 26.3. The molecule has 1 aliphatic heterocycles. The molecule has 0 N–H and O–H groups in total. The highest BCUT2D eigenvalue weighted by Crippen LogP contribution is 2.69. The van der Waals surface area contributed by atoms with Gasteiger partial charge in [0.05, 0.1) is 18.9 Å². The molecule has 3 aliphatic carbocycles. The first-order valence-electron chi connectivity index (χ1n) is 13.3. The fourth-order valence-corrected chi connectivity index (χ4v) is 7.82. The van der Waals surface area contributed by atoms with Crippen LogP contribution in [-0.4, -0.2) is 48.2 Å². The number of Topliss-reactive ketones (excluding diaryl/α,β-unsaturated/α-hetero) is 1. The number of rotatable bonds is 7. The SMILES string of the molecule is COc1ccc(C(=O)COC(=O)[C@H](C(C)C)N2C(=O)[C@@H]3[C@H](C2=O)C2(Cl)c4ccccc4C3(Cl)c3ccccc32)cc1. The molecule has 0 unspecified atom stereocenters. The van der Waals surface area contributed by atoms with Crippen molar-refractivity contribution in [1.29, 1.82) is 0 Å². The van der Waals surface area contributed by atoms with Gasteiger partial charge in [-0.15, -0.1) is 23.2 Å². The molecule has 0 radical (unpaired) electrons. The Morgan fingerprint density at radius 2 is 1.24 bits per heavy atom. The lowest BCUT2D eigenvalue weighted by molar-refractivity contribution is -0.160. The molecule has 0 spiro atoms. The minimum atomic E-state index is -1.36. The maximum Gasteiger partial charge on any atom is 0.330 e. The van der Waals surface area contributed by atoms with E-state index < -0.39 is 63.7 Å². The Balaban J connectivity index is 1.35. The van der Waals surface area contributed by atoms with Gasteiger partial charge in [0, 0.05) is 5.56 Å². The Bertz CT molecular complexity index is 1480. The predicted molar refractivity (Wildman–Crippen MR) is 152 cm³/mol. The number of ether oxygens (including phenoxy) is 2. The number of hydrogen-bond donors (Lipinski definition) is 0. The van der Waals surface area contributed by atoms with Gasteiger partial charge in [0.25, 0.3) is 0 Å². The summed E-state index contributed by atoms with van der Waals surface area (Å²) in [6, 6.07) is 19.8. The first-order chi connectivity index (χ1) is 19.6. The van der Waals surface area contributed by atoms with Crippen molar-refractivity contribution in [2.45, 2.75) is 29.6 Å². The van der Waals surface area contributed by atoms with Crippen LogP contribution in [0.4, 0.5) is 0 Å². The second-order valence-electron chi connectivity index (χ2n) is 11.0. The first kappa shape index (κ1) is 27.5. The summed E-state index contributed by atoms with van der Waals surface area (Å²) in [5.74, 6) is -4.44. The Labute approximate surface area is 247 Å². The molecule has 1 saturated heterocycles. The fraction of sp³-hybridized carbons (Fsp3) is 0.312. The van der Waals surface area contributed by atoms with Crippen molar-refractivity contribution < 1.29 is 28.7 Å². The molecule has 2 amide bonds. The smallest absolute Gasteiger partial charge is 0.330 e. The summed E-state index contributed by atoms with van der Waals surface area (Å²) in [6.45, 7) is 2.88. The topological polar surface area (TPSA) is 90.0 Å². The van der Waals surface area contributed by atoms with E-state index in [0.717, 1.165) is 4.90 Å². The van der Waals surface area contributed by atoms with Gasteiger partial charge >= 0.3 is 5.97 Å². The number of methoxy groups -OCH3 is 1. The van der Waals surface area contributed by atoms with Crippen molar-refractivity contribution in [1.82, 2.24) is 4.90 Å². The maximum atomic E-state index is 14.3. The van der Waals surface area contributed by atoms with Crippen LogP contribution in [0.1, 0.15) is 46.5 Å². The molecule has 41 heavy (non-hydrogen) atoms. The van der Waals surface area contributed by atoms with Crippen molar-refractivity contribution in [3.05, 3.63) is 101 Å². The summed E-state index contributed by atoms with van der Waals surface area (Å²) in [7, 11) is 1.52. The number of esters is 1. The number of imide groups is 1. The molecule has 4 aliphatic rings. The highest BCUT2D eigenvalue weighted by atomic mass is 35.5. The summed E-state index contributed by atoms with van der Waals surface area (Å²) >= 11 is 14.9. The lowest BCUT2D eigenvalue weighted by Gasteiger charge is -2.54. The molecule has 7 nitrogen and oxygen atoms in total. The van der Waals surface area contributed by atoms with Crippen LogP contribution in [0.5, 0.6) is 5.75 Å². The molecular formula is C32H27Cl2NO6. The Morgan fingerprint density at radius 1 is 0.805 bits per heavy atom. The van der Waals surface area contributed by atoms with Crippen LogP contribution < -0.4 is 4.74 Å². The fourth-order valence-electron chi connectivity index (χ4n) is 6.72. The number of amides is 2. The molecule has 1 fully saturated rings. The molecule has 0 aromatic heterocycles. The van der Waals surface area contributed by atoms with Crippen molar-refractivity contribution in [2.75, 3.05) is 13.7 Å². The monoisotopic (exact) mass is 591 g/mol. The van der Waals surface area contributed by atoms with Gasteiger partial charge in [0.2, 0.25) is 11.8 Å². The first-order valence-corrected chi connectivity index (χ1v) is 14.1. The van der Waals surface area contributed by atoms with E-state index in [1.54, 1.807) is 38.1 Å². The Morgan fingerprint density at radius 3 is 1.63 bits per heavy atom. The minimum Gasteiger partial charge on any atom is -0.497 e. The van der Waals surface area contributed by atoms with Gasteiger partial charge in [-0.1, -0.05) is 62.4 Å². The Kier molecular flexibility index (Phi) is 6.51. The third kappa shape index (κ3) is 3.71. The molecule has 7 rings (SSSR count). The third-order valence-corrected chi connectivity index (χ3v) is 9.81. The predicted octanol–water partition coefficient (Wildman–Crippen LogP) is 5.04. The molecule has 0 saturated carbocycles. The van der Waals surface area contributed by atoms with Crippen LogP contribution in [0.25, 0.3) is 0 Å². The summed E-state index contributed by atoms with van der Waals surface area (Å²) in [4.78, 5) is 53.0. The van der Waals surface area contributed by atoms with Crippen molar-refractivity contribution in [3.8, 4) is 5.75 Å². The number of benzene rings is 3. The van der Waals surface area contributed by atoms with E-state index in [-0.39, 0.29) is 0 Å². The van der Waals surface area contributed by atoms with Gasteiger partial charge in [0.15, 0.2) is 12.4 Å². The van der Waals surface area contributed by atoms with Gasteiger partial charge in [-0.05, 0) is 52.4 Å².